The van der Waals surface area contributed by atoms with Gasteiger partial charge >= 0.3 is 0 Å². The molecule has 13 heavy (non-hydrogen) atoms. The highest BCUT2D eigenvalue weighted by molar-refractivity contribution is 5.79. The number of hydrogen-bond acceptors (Lipinski definition) is 1. The van der Waals surface area contributed by atoms with Crippen LogP contribution in [0.5, 0.6) is 0 Å². The molecule has 0 spiro atoms. The summed E-state index contributed by atoms with van der Waals surface area (Å²) in [7, 11) is 0. The average Bonchev–Trinajstić information content (AvgIpc) is 2.77. The molecular weight excluding hydrogens is 162 g/mol. The first kappa shape index (κ1) is 7.65. The zero-order valence-corrected chi connectivity index (χ0v) is 7.95. The van der Waals surface area contributed by atoms with E-state index in [1.165, 1.54) is 38.5 Å². The van der Waals surface area contributed by atoms with Crippen molar-refractivity contribution in [3.05, 3.63) is 0 Å². The lowest BCUT2D eigenvalue weighted by Gasteiger charge is -2.22. The summed E-state index contributed by atoms with van der Waals surface area (Å²) < 4.78 is 0. The van der Waals surface area contributed by atoms with Gasteiger partial charge in [0.1, 0.15) is 0 Å². The Morgan fingerprint density at radius 1 is 1.00 bits per heavy atom. The molecule has 0 aromatic heterocycles. The van der Waals surface area contributed by atoms with Crippen molar-refractivity contribution < 1.29 is 0 Å². The van der Waals surface area contributed by atoms with E-state index < -0.39 is 0 Å². The Kier molecular flexibility index (Phi) is 1.55. The second kappa shape index (κ2) is 2.63. The van der Waals surface area contributed by atoms with Crippen molar-refractivity contribution in [2.45, 2.75) is 56.7 Å². The van der Waals surface area contributed by atoms with Crippen molar-refractivity contribution in [2.75, 3.05) is 0 Å². The summed E-state index contributed by atoms with van der Waals surface area (Å²) in [6.45, 7) is 0. The first-order chi connectivity index (χ1) is 6.34. The van der Waals surface area contributed by atoms with Crippen LogP contribution in [0.25, 0.3) is 0 Å². The van der Waals surface area contributed by atoms with Crippen molar-refractivity contribution in [3.63, 3.8) is 0 Å². The highest BCUT2D eigenvalue weighted by atomic mass is 15.3. The molecule has 2 N–H and O–H groups in total. The number of rotatable bonds is 1. The third kappa shape index (κ3) is 1.21. The molecule has 0 unspecified atom stereocenters. The van der Waals surface area contributed by atoms with Gasteiger partial charge in [0.05, 0.1) is 6.04 Å². The normalized spacial score (nSPS) is 38.8. The van der Waals surface area contributed by atoms with E-state index in [0.29, 0.717) is 6.04 Å². The molecule has 2 aliphatic heterocycles. The Labute approximate surface area is 79.0 Å². The number of hydrogen-bond donors (Lipinski definition) is 1. The molecule has 2 saturated heterocycles. The van der Waals surface area contributed by atoms with Gasteiger partial charge in [0.25, 0.3) is 0 Å². The van der Waals surface area contributed by atoms with Gasteiger partial charge in [-0.15, -0.1) is 0 Å². The van der Waals surface area contributed by atoms with Gasteiger partial charge in [0, 0.05) is 12.1 Å². The number of fused-ring (bicyclic) bond motifs is 2. The van der Waals surface area contributed by atoms with E-state index in [-0.39, 0.29) is 0 Å². The van der Waals surface area contributed by atoms with Gasteiger partial charge in [0.2, 0.25) is 0 Å². The molecule has 3 rings (SSSR count). The monoisotopic (exact) mass is 179 g/mol. The first-order valence-corrected chi connectivity index (χ1v) is 5.46. The minimum absolute atomic E-state index is 0.569. The maximum absolute atomic E-state index is 6.02. The highest BCUT2D eigenvalue weighted by Crippen LogP contribution is 2.37. The van der Waals surface area contributed by atoms with Gasteiger partial charge in [0.15, 0.2) is 5.96 Å². The summed E-state index contributed by atoms with van der Waals surface area (Å²) in [5.41, 5.74) is 6.02. The van der Waals surface area contributed by atoms with Crippen LogP contribution in [-0.2, 0) is 0 Å². The second-order valence-corrected chi connectivity index (χ2v) is 4.59. The van der Waals surface area contributed by atoms with Crippen molar-refractivity contribution >= 4 is 5.96 Å². The summed E-state index contributed by atoms with van der Waals surface area (Å²) in [6.07, 6.45) is 7.86. The van der Waals surface area contributed by atoms with E-state index in [9.17, 15) is 0 Å². The number of nitrogens with two attached hydrogens (primary N) is 1. The van der Waals surface area contributed by atoms with E-state index in [0.717, 1.165) is 18.0 Å². The van der Waals surface area contributed by atoms with Gasteiger partial charge in [-0.05, 0) is 38.5 Å². The zero-order chi connectivity index (χ0) is 8.84. The predicted molar refractivity (Wildman–Crippen MR) is 52.5 cm³/mol. The number of nitrogens with zero attached hydrogens (tertiary/aromatic N) is 2. The number of guanidine groups is 1. The Morgan fingerprint density at radius 2 is 1.54 bits per heavy atom. The van der Waals surface area contributed by atoms with Crippen molar-refractivity contribution in [1.82, 2.24) is 4.90 Å². The highest BCUT2D eigenvalue weighted by Gasteiger charge is 2.40. The molecule has 0 radical (unpaired) electrons. The van der Waals surface area contributed by atoms with Crippen molar-refractivity contribution in [2.24, 2.45) is 10.7 Å². The summed E-state index contributed by atoms with van der Waals surface area (Å²) in [6, 6.07) is 2.03. The van der Waals surface area contributed by atoms with Gasteiger partial charge in [-0.1, -0.05) is 0 Å². The molecule has 2 heterocycles. The first-order valence-electron chi connectivity index (χ1n) is 5.46. The zero-order valence-electron chi connectivity index (χ0n) is 7.95. The topological polar surface area (TPSA) is 41.6 Å². The Balaban J connectivity index is 1.76. The minimum atomic E-state index is 0.569. The molecule has 0 amide bonds. The third-order valence-corrected chi connectivity index (χ3v) is 3.58. The van der Waals surface area contributed by atoms with Crippen molar-refractivity contribution in [3.8, 4) is 0 Å². The fourth-order valence-corrected chi connectivity index (χ4v) is 2.74. The Bertz CT molecular complexity index is 225. The smallest absolute Gasteiger partial charge is 0.192 e. The summed E-state index contributed by atoms with van der Waals surface area (Å²) >= 11 is 0. The van der Waals surface area contributed by atoms with E-state index in [4.69, 9.17) is 5.73 Å². The fraction of sp³-hybridized carbons (Fsp3) is 0.900. The largest absolute Gasteiger partial charge is 0.370 e. The number of aliphatic imine (C=N–C) groups is 1. The summed E-state index contributed by atoms with van der Waals surface area (Å²) in [4.78, 5) is 6.92. The molecule has 1 aliphatic carbocycles. The molecule has 0 aromatic carbocycles. The van der Waals surface area contributed by atoms with Crippen LogP contribution >= 0.6 is 0 Å². The minimum Gasteiger partial charge on any atom is -0.370 e. The van der Waals surface area contributed by atoms with E-state index >= 15 is 0 Å². The van der Waals surface area contributed by atoms with Gasteiger partial charge in [-0.3, -0.25) is 0 Å². The van der Waals surface area contributed by atoms with E-state index in [1.807, 2.05) is 0 Å². The van der Waals surface area contributed by atoms with E-state index in [1.54, 1.807) is 0 Å². The summed E-state index contributed by atoms with van der Waals surface area (Å²) in [5, 5.41) is 0. The van der Waals surface area contributed by atoms with Crippen LogP contribution in [-0.4, -0.2) is 29.0 Å². The molecular formula is C10H17N3. The van der Waals surface area contributed by atoms with Crippen LogP contribution in [0.15, 0.2) is 4.99 Å². The van der Waals surface area contributed by atoms with Crippen LogP contribution in [0, 0.1) is 0 Å². The van der Waals surface area contributed by atoms with Gasteiger partial charge < -0.3 is 10.6 Å². The maximum Gasteiger partial charge on any atom is 0.192 e. The molecule has 2 bridgehead atoms. The molecule has 1 saturated carbocycles. The SMILES string of the molecule is NC(=NC1CC1)N1C2CCC1CC2. The van der Waals surface area contributed by atoms with Gasteiger partial charge in [-0.2, -0.15) is 0 Å². The standard InChI is InChI=1S/C10H17N3/c11-10(12-7-1-2-7)13-8-3-4-9(13)6-5-8/h7-9H,1-6H2,(H2,11,12). The molecule has 3 fully saturated rings. The molecule has 72 valence electrons. The van der Waals surface area contributed by atoms with Gasteiger partial charge in [-0.25, -0.2) is 4.99 Å². The van der Waals surface area contributed by atoms with Crippen molar-refractivity contribution in [1.29, 1.82) is 0 Å². The molecule has 3 aliphatic rings. The maximum atomic E-state index is 6.02. The summed E-state index contributed by atoms with van der Waals surface area (Å²) in [5.74, 6) is 0.840. The van der Waals surface area contributed by atoms with E-state index in [2.05, 4.69) is 9.89 Å². The lowest BCUT2D eigenvalue weighted by molar-refractivity contribution is 0.393. The fourth-order valence-electron chi connectivity index (χ4n) is 2.74. The lowest BCUT2D eigenvalue weighted by Crippen LogP contribution is -2.40. The molecule has 0 atom stereocenters. The van der Waals surface area contributed by atoms with Crippen LogP contribution in [0.1, 0.15) is 38.5 Å². The predicted octanol–water partition coefficient (Wildman–Crippen LogP) is 1.09. The average molecular weight is 179 g/mol. The van der Waals surface area contributed by atoms with Crippen LogP contribution in [0.2, 0.25) is 0 Å². The second-order valence-electron chi connectivity index (χ2n) is 4.59. The Morgan fingerprint density at radius 3 is 2.00 bits per heavy atom. The quantitative estimate of drug-likeness (QED) is 0.483. The Hall–Kier alpha value is -0.730. The third-order valence-electron chi connectivity index (χ3n) is 3.58. The van der Waals surface area contributed by atoms with Crippen LogP contribution in [0.4, 0.5) is 0 Å². The molecule has 3 heteroatoms. The lowest BCUT2D eigenvalue weighted by atomic mass is 10.0. The molecule has 0 aromatic rings. The van der Waals surface area contributed by atoms with Crippen LogP contribution in [0.3, 0.4) is 0 Å². The van der Waals surface area contributed by atoms with Crippen LogP contribution < -0.4 is 5.73 Å². The molecule has 3 nitrogen and oxygen atoms in total.